The maximum Gasteiger partial charge on any atom is 0.271 e. The number of nitrogens with zero attached hydrogens (tertiary/aromatic N) is 1. The van der Waals surface area contributed by atoms with Crippen molar-refractivity contribution >= 4 is 62.9 Å². The van der Waals surface area contributed by atoms with Crippen LogP contribution in [0.1, 0.15) is 27.0 Å². The highest BCUT2D eigenvalue weighted by atomic mass is 79.9. The summed E-state index contributed by atoms with van der Waals surface area (Å²) < 4.78 is 12.0. The molecule has 32 heavy (non-hydrogen) atoms. The second kappa shape index (κ2) is 11.1. The molecule has 0 heterocycles. The molecule has 1 amide bonds. The highest BCUT2D eigenvalue weighted by molar-refractivity contribution is 9.10. The third-order valence-corrected chi connectivity index (χ3v) is 6.17. The number of methoxy groups -OCH3 is 1. The average Bonchev–Trinajstić information content (AvgIpc) is 2.76. The van der Waals surface area contributed by atoms with Crippen molar-refractivity contribution in [3.63, 3.8) is 0 Å². The van der Waals surface area contributed by atoms with Crippen LogP contribution in [0, 0.1) is 6.92 Å². The van der Waals surface area contributed by atoms with Gasteiger partial charge in [0.25, 0.3) is 5.91 Å². The molecule has 3 aromatic rings. The minimum atomic E-state index is -0.365. The Kier molecular flexibility index (Phi) is 8.43. The van der Waals surface area contributed by atoms with Gasteiger partial charge >= 0.3 is 0 Å². The lowest BCUT2D eigenvalue weighted by molar-refractivity contribution is 0.0955. The first-order valence-corrected chi connectivity index (χ1v) is 11.2. The van der Waals surface area contributed by atoms with Gasteiger partial charge in [0.2, 0.25) is 0 Å². The van der Waals surface area contributed by atoms with Gasteiger partial charge in [-0.1, -0.05) is 46.9 Å². The lowest BCUT2D eigenvalue weighted by atomic mass is 10.1. The number of ether oxygens (including phenoxy) is 2. The average molecular weight is 557 g/mol. The van der Waals surface area contributed by atoms with Crippen LogP contribution in [0.3, 0.4) is 0 Å². The van der Waals surface area contributed by atoms with Gasteiger partial charge in [-0.25, -0.2) is 5.43 Å². The fourth-order valence-electron chi connectivity index (χ4n) is 2.70. The first kappa shape index (κ1) is 24.4. The van der Waals surface area contributed by atoms with Crippen molar-refractivity contribution in [2.75, 3.05) is 7.11 Å². The van der Waals surface area contributed by atoms with Crippen LogP contribution in [0.2, 0.25) is 15.1 Å². The zero-order valence-corrected chi connectivity index (χ0v) is 20.9. The molecular weight excluding hydrogens is 539 g/mol. The van der Waals surface area contributed by atoms with Crippen molar-refractivity contribution in [3.8, 4) is 11.5 Å². The molecule has 3 rings (SSSR count). The summed E-state index contributed by atoms with van der Waals surface area (Å²) in [5.41, 5.74) is 5.35. The molecule has 5 nitrogen and oxygen atoms in total. The number of benzene rings is 3. The molecule has 3 aromatic carbocycles. The van der Waals surface area contributed by atoms with Gasteiger partial charge in [0.1, 0.15) is 6.61 Å². The molecule has 0 fully saturated rings. The van der Waals surface area contributed by atoms with E-state index in [1.165, 1.54) is 13.3 Å². The van der Waals surface area contributed by atoms with E-state index in [0.29, 0.717) is 42.2 Å². The van der Waals surface area contributed by atoms with E-state index in [0.717, 1.165) is 11.1 Å². The molecule has 0 aliphatic carbocycles. The second-order valence-electron chi connectivity index (χ2n) is 6.73. The third kappa shape index (κ3) is 6.17. The summed E-state index contributed by atoms with van der Waals surface area (Å²) >= 11 is 21.6. The van der Waals surface area contributed by atoms with Crippen molar-refractivity contribution in [1.82, 2.24) is 5.43 Å². The Bertz CT molecular complexity index is 1190. The fourth-order valence-corrected chi connectivity index (χ4v) is 3.78. The van der Waals surface area contributed by atoms with Crippen LogP contribution in [0.25, 0.3) is 0 Å². The molecule has 0 aliphatic heterocycles. The van der Waals surface area contributed by atoms with E-state index < -0.39 is 0 Å². The van der Waals surface area contributed by atoms with Gasteiger partial charge in [-0.2, -0.15) is 5.10 Å². The topological polar surface area (TPSA) is 59.9 Å². The summed E-state index contributed by atoms with van der Waals surface area (Å²) in [4.78, 5) is 12.3. The Morgan fingerprint density at radius 3 is 2.53 bits per heavy atom. The summed E-state index contributed by atoms with van der Waals surface area (Å²) in [5.74, 6) is 0.655. The predicted octanol–water partition coefficient (Wildman–Crippen LogP) is 7.07. The Balaban J connectivity index is 1.70. The van der Waals surface area contributed by atoms with Crippen LogP contribution in [0.15, 0.2) is 58.1 Å². The summed E-state index contributed by atoms with van der Waals surface area (Å²) in [6.45, 7) is 2.14. The number of hydrogen-bond acceptors (Lipinski definition) is 4. The minimum Gasteiger partial charge on any atom is -0.493 e. The molecule has 1 N–H and O–H groups in total. The maximum absolute atomic E-state index is 12.3. The van der Waals surface area contributed by atoms with Crippen molar-refractivity contribution in [3.05, 3.63) is 90.3 Å². The third-order valence-electron chi connectivity index (χ3n) is 4.43. The lowest BCUT2D eigenvalue weighted by Gasteiger charge is -2.14. The number of halogens is 4. The van der Waals surface area contributed by atoms with E-state index in [-0.39, 0.29) is 12.5 Å². The van der Waals surface area contributed by atoms with E-state index >= 15 is 0 Å². The van der Waals surface area contributed by atoms with Crippen molar-refractivity contribution in [2.45, 2.75) is 13.5 Å². The molecule has 166 valence electrons. The Morgan fingerprint density at radius 1 is 1.06 bits per heavy atom. The number of carbonyl (C=O) groups is 1. The van der Waals surface area contributed by atoms with Gasteiger partial charge in [-0.15, -0.1) is 0 Å². The standard InChI is InChI=1S/C23H18BrCl3N2O3/c1-13-3-5-16(10-19(13)26)23(30)29-28-11-15-7-17(24)22(21(9-15)31-2)32-12-14-4-6-18(25)20(27)8-14/h3-11H,12H2,1-2H3,(H,29,30)/b28-11-. The Labute approximate surface area is 209 Å². The summed E-state index contributed by atoms with van der Waals surface area (Å²) in [5, 5.41) is 5.48. The van der Waals surface area contributed by atoms with E-state index in [2.05, 4.69) is 26.5 Å². The first-order valence-electron chi connectivity index (χ1n) is 9.32. The molecule has 0 radical (unpaired) electrons. The highest BCUT2D eigenvalue weighted by Crippen LogP contribution is 2.37. The van der Waals surface area contributed by atoms with Crippen LogP contribution in [-0.2, 0) is 6.61 Å². The van der Waals surface area contributed by atoms with Crippen LogP contribution in [0.5, 0.6) is 11.5 Å². The van der Waals surface area contributed by atoms with Crippen molar-refractivity contribution in [2.24, 2.45) is 5.10 Å². The second-order valence-corrected chi connectivity index (χ2v) is 8.81. The molecule has 0 aliphatic rings. The summed E-state index contributed by atoms with van der Waals surface area (Å²) in [6, 6.07) is 13.9. The van der Waals surface area contributed by atoms with Gasteiger partial charge in [0.15, 0.2) is 11.5 Å². The first-order chi connectivity index (χ1) is 15.3. The molecule has 0 atom stereocenters. The van der Waals surface area contributed by atoms with E-state index in [9.17, 15) is 4.79 Å². The van der Waals surface area contributed by atoms with E-state index in [1.807, 2.05) is 13.0 Å². The highest BCUT2D eigenvalue weighted by Gasteiger charge is 2.12. The largest absolute Gasteiger partial charge is 0.493 e. The lowest BCUT2D eigenvalue weighted by Crippen LogP contribution is -2.17. The molecular formula is C23H18BrCl3N2O3. The number of hydrazone groups is 1. The predicted molar refractivity (Wildman–Crippen MR) is 133 cm³/mol. The Hall–Kier alpha value is -2.25. The Morgan fingerprint density at radius 2 is 1.84 bits per heavy atom. The van der Waals surface area contributed by atoms with Gasteiger partial charge in [-0.3, -0.25) is 4.79 Å². The van der Waals surface area contributed by atoms with Gasteiger partial charge < -0.3 is 9.47 Å². The van der Waals surface area contributed by atoms with Crippen molar-refractivity contribution in [1.29, 1.82) is 0 Å². The molecule has 0 saturated carbocycles. The number of carbonyl (C=O) groups excluding carboxylic acids is 1. The molecule has 0 saturated heterocycles. The molecule has 0 unspecified atom stereocenters. The number of amides is 1. The van der Waals surface area contributed by atoms with Gasteiger partial charge in [-0.05, 0) is 75.9 Å². The quantitative estimate of drug-likeness (QED) is 0.250. The van der Waals surface area contributed by atoms with Crippen LogP contribution >= 0.6 is 50.7 Å². The molecule has 0 spiro atoms. The summed E-state index contributed by atoms with van der Waals surface area (Å²) in [6.07, 6.45) is 1.50. The molecule has 0 aromatic heterocycles. The number of nitrogens with one attached hydrogen (secondary N) is 1. The van der Waals surface area contributed by atoms with E-state index in [1.54, 1.807) is 42.5 Å². The van der Waals surface area contributed by atoms with Gasteiger partial charge in [0, 0.05) is 10.6 Å². The SMILES string of the molecule is COc1cc(/C=N\NC(=O)c2ccc(C)c(Cl)c2)cc(Br)c1OCc1ccc(Cl)c(Cl)c1. The van der Waals surface area contributed by atoms with Gasteiger partial charge in [0.05, 0.1) is 27.8 Å². The number of hydrogen-bond donors (Lipinski definition) is 1. The summed E-state index contributed by atoms with van der Waals surface area (Å²) in [7, 11) is 1.54. The van der Waals surface area contributed by atoms with Crippen LogP contribution in [0.4, 0.5) is 0 Å². The molecule has 0 bridgehead atoms. The number of aryl methyl sites for hydroxylation is 1. The fraction of sp³-hybridized carbons (Fsp3) is 0.130. The van der Waals surface area contributed by atoms with E-state index in [4.69, 9.17) is 44.3 Å². The van der Waals surface area contributed by atoms with Crippen LogP contribution < -0.4 is 14.9 Å². The monoisotopic (exact) mass is 554 g/mol. The van der Waals surface area contributed by atoms with Crippen molar-refractivity contribution < 1.29 is 14.3 Å². The smallest absolute Gasteiger partial charge is 0.271 e. The zero-order valence-electron chi connectivity index (χ0n) is 17.1. The zero-order chi connectivity index (χ0) is 23.3. The maximum atomic E-state index is 12.3. The molecule has 9 heteroatoms. The minimum absolute atomic E-state index is 0.272. The number of rotatable bonds is 7. The van der Waals surface area contributed by atoms with Crippen LogP contribution in [-0.4, -0.2) is 19.2 Å². The normalized spacial score (nSPS) is 10.9.